The van der Waals surface area contributed by atoms with Gasteiger partial charge >= 0.3 is 5.97 Å². The monoisotopic (exact) mass is 368 g/mol. The Labute approximate surface area is 149 Å². The van der Waals surface area contributed by atoms with Crippen LogP contribution in [-0.4, -0.2) is 82.3 Å². The molecule has 5 N–H and O–H groups in total. The summed E-state index contributed by atoms with van der Waals surface area (Å²) in [6.07, 6.45) is 0. The number of anilines is 1. The summed E-state index contributed by atoms with van der Waals surface area (Å²) in [4.78, 5) is 14.9. The molecule has 0 bridgehead atoms. The molecule has 142 valence electrons. The summed E-state index contributed by atoms with van der Waals surface area (Å²) >= 11 is 0. The van der Waals surface area contributed by atoms with Crippen LogP contribution in [0, 0.1) is 0 Å². The van der Waals surface area contributed by atoms with Crippen molar-refractivity contribution < 1.29 is 29.1 Å². The van der Waals surface area contributed by atoms with Crippen molar-refractivity contribution in [3.63, 3.8) is 0 Å². The molecule has 3 rings (SSSR count). The maximum Gasteiger partial charge on any atom is 0.361 e. The first-order chi connectivity index (χ1) is 12.6. The Balaban J connectivity index is 1.83. The number of hydrogen-bond donors (Lipinski definition) is 4. The maximum absolute atomic E-state index is 12.2. The van der Waals surface area contributed by atoms with Crippen LogP contribution in [0.4, 0.5) is 5.82 Å². The number of esters is 1. The third-order valence-electron chi connectivity index (χ3n) is 4.48. The van der Waals surface area contributed by atoms with E-state index in [2.05, 4.69) is 25.3 Å². The Morgan fingerprint density at radius 3 is 2.65 bits per heavy atom. The fourth-order valence-corrected chi connectivity index (χ4v) is 3.10. The molecule has 0 unspecified atom stereocenters. The van der Waals surface area contributed by atoms with Crippen molar-refractivity contribution in [1.82, 2.24) is 25.3 Å². The second kappa shape index (κ2) is 8.21. The lowest BCUT2D eigenvalue weighted by atomic mass is 10.2. The van der Waals surface area contributed by atoms with E-state index in [-0.39, 0.29) is 30.5 Å². The van der Waals surface area contributed by atoms with Crippen molar-refractivity contribution in [2.45, 2.75) is 13.5 Å². The number of rotatable bonds is 7. The van der Waals surface area contributed by atoms with Gasteiger partial charge in [-0.1, -0.05) is 5.21 Å². The number of aliphatic hydroxyl groups excluding tert-OH is 1. The number of nitrogens with one attached hydrogen (secondary N) is 2. The smallest absolute Gasteiger partial charge is 0.361 e. The topological polar surface area (TPSA) is 151 Å². The van der Waals surface area contributed by atoms with Gasteiger partial charge < -0.3 is 25.4 Å². The van der Waals surface area contributed by atoms with E-state index in [4.69, 9.17) is 15.6 Å². The molecular formula is C14H24N8O4+2. The molecule has 0 spiro atoms. The molecule has 0 amide bonds. The van der Waals surface area contributed by atoms with Crippen LogP contribution in [0.2, 0.25) is 0 Å². The van der Waals surface area contributed by atoms with Crippen LogP contribution < -0.4 is 15.5 Å². The van der Waals surface area contributed by atoms with E-state index < -0.39 is 5.97 Å². The van der Waals surface area contributed by atoms with Gasteiger partial charge in [-0.15, -0.1) is 5.10 Å². The predicted molar refractivity (Wildman–Crippen MR) is 86.6 cm³/mol. The van der Waals surface area contributed by atoms with E-state index in [1.165, 1.54) is 14.5 Å². The van der Waals surface area contributed by atoms with Gasteiger partial charge in [0, 0.05) is 0 Å². The van der Waals surface area contributed by atoms with Gasteiger partial charge in [-0.25, -0.2) is 9.42 Å². The molecule has 26 heavy (non-hydrogen) atoms. The molecule has 0 aromatic carbocycles. The van der Waals surface area contributed by atoms with Crippen molar-refractivity contribution >= 4 is 11.8 Å². The first-order valence-electron chi connectivity index (χ1n) is 8.62. The van der Waals surface area contributed by atoms with E-state index in [1.54, 1.807) is 6.92 Å². The van der Waals surface area contributed by atoms with Gasteiger partial charge in [0.15, 0.2) is 5.69 Å². The number of carbonyl (C=O) groups excluding carboxylic acids is 1. The number of hydrogen-bond acceptors (Lipinski definition) is 9. The van der Waals surface area contributed by atoms with Crippen LogP contribution in [0.3, 0.4) is 0 Å². The second-order valence-corrected chi connectivity index (χ2v) is 6.14. The Bertz CT molecular complexity index is 737. The minimum atomic E-state index is -0.535. The zero-order valence-corrected chi connectivity index (χ0v) is 14.6. The fourth-order valence-electron chi connectivity index (χ4n) is 3.10. The fraction of sp³-hybridized carbons (Fsp3) is 0.643. The number of nitrogen functional groups attached to an aromatic ring is 1. The molecule has 12 heteroatoms. The lowest BCUT2D eigenvalue weighted by molar-refractivity contribution is -1.02. The highest BCUT2D eigenvalue weighted by molar-refractivity contribution is 5.88. The van der Waals surface area contributed by atoms with Crippen molar-refractivity contribution in [2.24, 2.45) is 0 Å². The van der Waals surface area contributed by atoms with Crippen molar-refractivity contribution in [3.8, 4) is 5.82 Å². The quantitative estimate of drug-likeness (QED) is 0.356. The average molecular weight is 368 g/mol. The molecule has 1 saturated heterocycles. The summed E-state index contributed by atoms with van der Waals surface area (Å²) < 4.78 is 11.1. The highest BCUT2D eigenvalue weighted by Crippen LogP contribution is 2.15. The molecule has 12 nitrogen and oxygen atoms in total. The molecule has 0 saturated carbocycles. The standard InChI is InChI=1S/C14H22N8O4/c1-2-25-14(24)11-10(9-21-5-3-20(4-6-21)7-8-23)22(19-16-11)13-12(15)17-26-18-13/h23H,2-9H2,1H3,(H2,15,17)/p+2. The van der Waals surface area contributed by atoms with E-state index in [0.29, 0.717) is 12.2 Å². The molecule has 0 radical (unpaired) electrons. The molecule has 1 fully saturated rings. The summed E-state index contributed by atoms with van der Waals surface area (Å²) in [6.45, 7) is 7.11. The van der Waals surface area contributed by atoms with Gasteiger partial charge in [0.1, 0.15) is 45.0 Å². The Hall–Kier alpha value is -2.57. The molecule has 0 atom stereocenters. The molecule has 2 aromatic rings. The van der Waals surface area contributed by atoms with Gasteiger partial charge in [-0.3, -0.25) is 0 Å². The maximum atomic E-state index is 12.2. The predicted octanol–water partition coefficient (Wildman–Crippen LogP) is -4.32. The van der Waals surface area contributed by atoms with Gasteiger partial charge in [0.25, 0.3) is 0 Å². The van der Waals surface area contributed by atoms with E-state index >= 15 is 0 Å². The van der Waals surface area contributed by atoms with E-state index in [9.17, 15) is 4.79 Å². The van der Waals surface area contributed by atoms with Crippen LogP contribution in [-0.2, 0) is 11.3 Å². The number of aliphatic hydroxyl groups is 1. The SMILES string of the molecule is CCOC(=O)c1nnn(-c2nonc2N)c1C[NH+]1CC[NH+](CCO)CC1. The summed E-state index contributed by atoms with van der Waals surface area (Å²) in [6, 6.07) is 0. The minimum absolute atomic E-state index is 0.0683. The van der Waals surface area contributed by atoms with Gasteiger partial charge in [-0.2, -0.15) is 4.68 Å². The number of quaternary nitrogens is 2. The molecule has 1 aliphatic heterocycles. The number of nitrogens with two attached hydrogens (primary N) is 1. The Morgan fingerprint density at radius 2 is 2.04 bits per heavy atom. The van der Waals surface area contributed by atoms with Gasteiger partial charge in [-0.05, 0) is 17.2 Å². The van der Waals surface area contributed by atoms with Crippen molar-refractivity contribution in [2.75, 3.05) is 51.7 Å². The second-order valence-electron chi connectivity index (χ2n) is 6.14. The summed E-state index contributed by atoms with van der Waals surface area (Å²) in [7, 11) is 0. The van der Waals surface area contributed by atoms with Gasteiger partial charge in [0.2, 0.25) is 11.6 Å². The molecule has 0 aliphatic carbocycles. The number of nitrogens with zero attached hydrogens (tertiary/aromatic N) is 5. The van der Waals surface area contributed by atoms with Crippen LogP contribution in [0.5, 0.6) is 0 Å². The van der Waals surface area contributed by atoms with Crippen molar-refractivity contribution in [1.29, 1.82) is 0 Å². The molecule has 3 heterocycles. The van der Waals surface area contributed by atoms with Crippen LogP contribution in [0.1, 0.15) is 23.1 Å². The number of carbonyl (C=O) groups is 1. The lowest BCUT2D eigenvalue weighted by Crippen LogP contribution is -3.27. The average Bonchev–Trinajstić information content (AvgIpc) is 3.23. The minimum Gasteiger partial charge on any atom is -0.461 e. The van der Waals surface area contributed by atoms with Crippen LogP contribution in [0.25, 0.3) is 5.82 Å². The summed E-state index contributed by atoms with van der Waals surface area (Å²) in [5.41, 5.74) is 6.47. The third kappa shape index (κ3) is 3.81. The summed E-state index contributed by atoms with van der Waals surface area (Å²) in [5, 5.41) is 24.3. The highest BCUT2D eigenvalue weighted by Gasteiger charge is 2.30. The first-order valence-corrected chi connectivity index (χ1v) is 8.62. The van der Waals surface area contributed by atoms with Gasteiger partial charge in [0.05, 0.1) is 13.2 Å². The molecule has 1 aliphatic rings. The number of piperazine rings is 1. The Kier molecular flexibility index (Phi) is 5.75. The normalized spacial score (nSPS) is 20.2. The largest absolute Gasteiger partial charge is 0.461 e. The lowest BCUT2D eigenvalue weighted by Gasteiger charge is -2.29. The van der Waals surface area contributed by atoms with E-state index in [0.717, 1.165) is 32.7 Å². The van der Waals surface area contributed by atoms with Crippen molar-refractivity contribution in [3.05, 3.63) is 11.4 Å². The third-order valence-corrected chi connectivity index (χ3v) is 4.48. The summed E-state index contributed by atoms with van der Waals surface area (Å²) in [5.74, 6) is -0.265. The molecule has 2 aromatic heterocycles. The highest BCUT2D eigenvalue weighted by atomic mass is 16.6. The number of ether oxygens (including phenoxy) is 1. The van der Waals surface area contributed by atoms with Crippen LogP contribution >= 0.6 is 0 Å². The van der Waals surface area contributed by atoms with Crippen LogP contribution in [0.15, 0.2) is 4.63 Å². The molecular weight excluding hydrogens is 344 g/mol. The number of aromatic nitrogens is 5. The van der Waals surface area contributed by atoms with E-state index in [1.807, 2.05) is 0 Å². The zero-order chi connectivity index (χ0) is 18.5. The zero-order valence-electron chi connectivity index (χ0n) is 14.6. The Morgan fingerprint density at radius 1 is 1.31 bits per heavy atom. The first kappa shape index (κ1) is 18.2.